The predicted octanol–water partition coefficient (Wildman–Crippen LogP) is 3.93. The molecule has 0 aliphatic heterocycles. The van der Waals surface area contributed by atoms with Crippen molar-refractivity contribution in [3.8, 4) is 16.9 Å². The van der Waals surface area contributed by atoms with Crippen LogP contribution in [0.3, 0.4) is 0 Å². The molecule has 0 spiro atoms. The van der Waals surface area contributed by atoms with Crippen molar-refractivity contribution >= 4 is 5.97 Å². The molecule has 0 aromatic heterocycles. The average molecular weight is 270 g/mol. The van der Waals surface area contributed by atoms with Gasteiger partial charge in [0.25, 0.3) is 0 Å². The Kier molecular flexibility index (Phi) is 4.77. The van der Waals surface area contributed by atoms with Gasteiger partial charge in [-0.3, -0.25) is 0 Å². The highest BCUT2D eigenvalue weighted by Crippen LogP contribution is 2.32. The molecule has 0 N–H and O–H groups in total. The summed E-state index contributed by atoms with van der Waals surface area (Å²) >= 11 is 0. The third kappa shape index (κ3) is 2.99. The number of hydrogen-bond donors (Lipinski definition) is 0. The summed E-state index contributed by atoms with van der Waals surface area (Å²) in [6.07, 6.45) is 0. The van der Waals surface area contributed by atoms with Gasteiger partial charge in [-0.05, 0) is 31.5 Å². The highest BCUT2D eigenvalue weighted by molar-refractivity contribution is 5.98. The van der Waals surface area contributed by atoms with Crippen molar-refractivity contribution in [3.05, 3.63) is 54.1 Å². The fraction of sp³-hybridized carbons (Fsp3) is 0.235. The van der Waals surface area contributed by atoms with E-state index in [1.54, 1.807) is 13.0 Å². The van der Waals surface area contributed by atoms with E-state index in [-0.39, 0.29) is 5.97 Å². The molecule has 2 aromatic rings. The van der Waals surface area contributed by atoms with Gasteiger partial charge in [0.15, 0.2) is 0 Å². The molecule has 0 bridgehead atoms. The molecule has 0 unspecified atom stereocenters. The summed E-state index contributed by atoms with van der Waals surface area (Å²) in [6, 6.07) is 15.1. The third-order valence-corrected chi connectivity index (χ3v) is 2.90. The number of para-hydroxylation sites is 1. The molecule has 0 saturated carbocycles. The van der Waals surface area contributed by atoms with Crippen molar-refractivity contribution < 1.29 is 14.3 Å². The third-order valence-electron chi connectivity index (χ3n) is 2.90. The van der Waals surface area contributed by atoms with Crippen molar-refractivity contribution in [3.63, 3.8) is 0 Å². The molecule has 0 atom stereocenters. The van der Waals surface area contributed by atoms with Gasteiger partial charge in [0.2, 0.25) is 0 Å². The van der Waals surface area contributed by atoms with E-state index in [0.717, 1.165) is 16.9 Å². The first-order chi connectivity index (χ1) is 9.77. The van der Waals surface area contributed by atoms with Crippen LogP contribution in [0.5, 0.6) is 5.75 Å². The van der Waals surface area contributed by atoms with Crippen LogP contribution in [0.1, 0.15) is 24.2 Å². The first-order valence-electron chi connectivity index (χ1n) is 6.76. The van der Waals surface area contributed by atoms with Crippen LogP contribution < -0.4 is 4.74 Å². The van der Waals surface area contributed by atoms with Crippen molar-refractivity contribution in [1.29, 1.82) is 0 Å². The van der Waals surface area contributed by atoms with E-state index in [2.05, 4.69) is 0 Å². The van der Waals surface area contributed by atoms with Gasteiger partial charge < -0.3 is 9.47 Å². The van der Waals surface area contributed by atoms with E-state index in [1.165, 1.54) is 0 Å². The molecular formula is C17H18O3. The van der Waals surface area contributed by atoms with Gasteiger partial charge in [-0.1, -0.05) is 36.4 Å². The van der Waals surface area contributed by atoms with Gasteiger partial charge in [-0.15, -0.1) is 0 Å². The van der Waals surface area contributed by atoms with Crippen molar-refractivity contribution in [1.82, 2.24) is 0 Å². The van der Waals surface area contributed by atoms with Gasteiger partial charge in [0.1, 0.15) is 5.75 Å². The summed E-state index contributed by atoms with van der Waals surface area (Å²) in [5.41, 5.74) is 2.29. The van der Waals surface area contributed by atoms with E-state index >= 15 is 0 Å². The lowest BCUT2D eigenvalue weighted by Gasteiger charge is -2.13. The van der Waals surface area contributed by atoms with Crippen molar-refractivity contribution in [2.24, 2.45) is 0 Å². The topological polar surface area (TPSA) is 35.5 Å². The fourth-order valence-electron chi connectivity index (χ4n) is 2.08. The Bertz CT molecular complexity index is 590. The molecule has 0 aliphatic rings. The second-order valence-corrected chi connectivity index (χ2v) is 4.20. The Morgan fingerprint density at radius 1 is 0.900 bits per heavy atom. The quantitative estimate of drug-likeness (QED) is 0.772. The summed E-state index contributed by atoms with van der Waals surface area (Å²) in [7, 11) is 0. The Morgan fingerprint density at radius 3 is 2.25 bits per heavy atom. The summed E-state index contributed by atoms with van der Waals surface area (Å²) in [6.45, 7) is 4.68. The smallest absolute Gasteiger partial charge is 0.338 e. The SMILES string of the molecule is CCOC(=O)c1ccccc1-c1ccccc1OCC. The Balaban J connectivity index is 2.50. The second kappa shape index (κ2) is 6.75. The lowest BCUT2D eigenvalue weighted by molar-refractivity contribution is 0.0527. The largest absolute Gasteiger partial charge is 0.493 e. The van der Waals surface area contributed by atoms with Gasteiger partial charge in [-0.2, -0.15) is 0 Å². The molecule has 0 amide bonds. The molecule has 3 nitrogen and oxygen atoms in total. The highest BCUT2D eigenvalue weighted by Gasteiger charge is 2.15. The maximum atomic E-state index is 12.0. The minimum absolute atomic E-state index is 0.311. The van der Waals surface area contributed by atoms with Crippen LogP contribution in [0.4, 0.5) is 0 Å². The molecule has 0 radical (unpaired) electrons. The van der Waals surface area contributed by atoms with Crippen LogP contribution in [-0.4, -0.2) is 19.2 Å². The Morgan fingerprint density at radius 2 is 1.55 bits per heavy atom. The summed E-state index contributed by atoms with van der Waals surface area (Å²) in [5.74, 6) is 0.459. The van der Waals surface area contributed by atoms with Crippen molar-refractivity contribution in [2.45, 2.75) is 13.8 Å². The molecule has 0 heterocycles. The Hall–Kier alpha value is -2.29. The number of carbonyl (C=O) groups is 1. The van der Waals surface area contributed by atoms with Crippen LogP contribution in [0, 0.1) is 0 Å². The summed E-state index contributed by atoms with van der Waals surface area (Å²) < 4.78 is 10.7. The van der Waals surface area contributed by atoms with Gasteiger partial charge in [0, 0.05) is 5.56 Å². The highest BCUT2D eigenvalue weighted by atomic mass is 16.5. The molecule has 0 fully saturated rings. The van der Waals surface area contributed by atoms with E-state index in [0.29, 0.717) is 18.8 Å². The zero-order valence-corrected chi connectivity index (χ0v) is 11.8. The summed E-state index contributed by atoms with van der Waals surface area (Å²) in [5, 5.41) is 0. The van der Waals surface area contributed by atoms with Crippen LogP contribution in [-0.2, 0) is 4.74 Å². The number of ether oxygens (including phenoxy) is 2. The molecule has 0 saturated heterocycles. The standard InChI is InChI=1S/C17H18O3/c1-3-19-16-12-8-7-10-14(16)13-9-5-6-11-15(13)17(18)20-4-2/h5-12H,3-4H2,1-2H3. The van der Waals surface area contributed by atoms with E-state index in [4.69, 9.17) is 9.47 Å². The molecule has 104 valence electrons. The first kappa shape index (κ1) is 14.1. The molecule has 0 aliphatic carbocycles. The van der Waals surface area contributed by atoms with Gasteiger partial charge >= 0.3 is 5.97 Å². The minimum Gasteiger partial charge on any atom is -0.493 e. The number of esters is 1. The van der Waals surface area contributed by atoms with Crippen molar-refractivity contribution in [2.75, 3.05) is 13.2 Å². The maximum Gasteiger partial charge on any atom is 0.338 e. The lowest BCUT2D eigenvalue weighted by Crippen LogP contribution is -2.06. The van der Waals surface area contributed by atoms with Gasteiger partial charge in [-0.25, -0.2) is 4.79 Å². The number of rotatable bonds is 5. The first-order valence-corrected chi connectivity index (χ1v) is 6.76. The van der Waals surface area contributed by atoms with E-state index < -0.39 is 0 Å². The van der Waals surface area contributed by atoms with Crippen LogP contribution >= 0.6 is 0 Å². The minimum atomic E-state index is -0.311. The molecule has 2 aromatic carbocycles. The van der Waals surface area contributed by atoms with E-state index in [1.807, 2.05) is 49.4 Å². The lowest BCUT2D eigenvalue weighted by atomic mass is 9.99. The molecule has 2 rings (SSSR count). The Labute approximate surface area is 119 Å². The number of benzene rings is 2. The monoisotopic (exact) mass is 270 g/mol. The molecule has 20 heavy (non-hydrogen) atoms. The van der Waals surface area contributed by atoms with Crippen LogP contribution in [0.2, 0.25) is 0 Å². The normalized spacial score (nSPS) is 10.1. The van der Waals surface area contributed by atoms with E-state index in [9.17, 15) is 4.79 Å². The second-order valence-electron chi connectivity index (χ2n) is 4.20. The summed E-state index contributed by atoms with van der Waals surface area (Å²) in [4.78, 5) is 12.0. The van der Waals surface area contributed by atoms with Gasteiger partial charge in [0.05, 0.1) is 18.8 Å². The number of hydrogen-bond acceptors (Lipinski definition) is 3. The zero-order chi connectivity index (χ0) is 14.4. The maximum absolute atomic E-state index is 12.0. The zero-order valence-electron chi connectivity index (χ0n) is 11.8. The fourth-order valence-corrected chi connectivity index (χ4v) is 2.08. The number of carbonyl (C=O) groups excluding carboxylic acids is 1. The van der Waals surface area contributed by atoms with Crippen LogP contribution in [0.25, 0.3) is 11.1 Å². The molecular weight excluding hydrogens is 252 g/mol. The molecule has 3 heteroatoms. The average Bonchev–Trinajstić information content (AvgIpc) is 2.48. The van der Waals surface area contributed by atoms with Crippen LogP contribution in [0.15, 0.2) is 48.5 Å². The predicted molar refractivity (Wildman–Crippen MR) is 79.0 cm³/mol.